The summed E-state index contributed by atoms with van der Waals surface area (Å²) in [6.07, 6.45) is 0.717. The Hall–Kier alpha value is -1.55. The highest BCUT2D eigenvalue weighted by Crippen LogP contribution is 2.28. The van der Waals surface area contributed by atoms with Gasteiger partial charge in [0.2, 0.25) is 0 Å². The summed E-state index contributed by atoms with van der Waals surface area (Å²) in [5.41, 5.74) is 8.18. The average molecular weight is 324 g/mol. The molecule has 110 valence electrons. The Morgan fingerprint density at radius 2 is 1.76 bits per heavy atom. The largest absolute Gasteiger partial charge is 0.478 e. The van der Waals surface area contributed by atoms with Crippen LogP contribution in [0.1, 0.15) is 27.4 Å². The van der Waals surface area contributed by atoms with E-state index in [1.54, 1.807) is 18.2 Å². The number of benzene rings is 2. The second-order valence-electron chi connectivity index (χ2n) is 4.81. The van der Waals surface area contributed by atoms with E-state index in [0.717, 1.165) is 11.1 Å². The smallest absolute Gasteiger partial charge is 0.335 e. The van der Waals surface area contributed by atoms with Crippen LogP contribution in [-0.4, -0.2) is 17.6 Å². The predicted molar refractivity (Wildman–Crippen MR) is 85.4 cm³/mol. The molecule has 0 aliphatic heterocycles. The number of hydrogen-bond acceptors (Lipinski definition) is 2. The van der Waals surface area contributed by atoms with Gasteiger partial charge in [0, 0.05) is 5.92 Å². The third kappa shape index (κ3) is 3.97. The van der Waals surface area contributed by atoms with Crippen molar-refractivity contribution >= 4 is 29.2 Å². The van der Waals surface area contributed by atoms with Crippen LogP contribution in [0.3, 0.4) is 0 Å². The first kappa shape index (κ1) is 15.8. The second kappa shape index (κ2) is 6.94. The SMILES string of the molecule is NCC(Cc1ccc(C(=O)O)cc1)c1ccc(Cl)c(Cl)c1. The van der Waals surface area contributed by atoms with E-state index in [9.17, 15) is 4.79 Å². The molecule has 0 bridgehead atoms. The normalized spacial score (nSPS) is 12.1. The number of hydrogen-bond donors (Lipinski definition) is 2. The summed E-state index contributed by atoms with van der Waals surface area (Å²) in [6.45, 7) is 0.471. The standard InChI is InChI=1S/C16H15Cl2NO2/c17-14-6-5-12(8-15(14)18)13(9-19)7-10-1-3-11(4-2-10)16(20)21/h1-6,8,13H,7,9,19H2,(H,20,21). The first-order valence-electron chi connectivity index (χ1n) is 6.48. The molecule has 0 aliphatic rings. The summed E-state index contributed by atoms with van der Waals surface area (Å²) in [5.74, 6) is -0.822. The molecule has 5 heteroatoms. The van der Waals surface area contributed by atoms with Crippen molar-refractivity contribution in [1.29, 1.82) is 0 Å². The molecule has 0 heterocycles. The zero-order valence-corrected chi connectivity index (χ0v) is 12.7. The molecule has 2 aromatic rings. The molecule has 0 aromatic heterocycles. The summed E-state index contributed by atoms with van der Waals surface area (Å²) in [6, 6.07) is 12.3. The van der Waals surface area contributed by atoms with Crippen LogP contribution in [0, 0.1) is 0 Å². The molecule has 0 saturated carbocycles. The molecule has 21 heavy (non-hydrogen) atoms. The molecular weight excluding hydrogens is 309 g/mol. The van der Waals surface area contributed by atoms with Gasteiger partial charge in [-0.05, 0) is 48.4 Å². The van der Waals surface area contributed by atoms with Gasteiger partial charge in [-0.1, -0.05) is 41.4 Å². The van der Waals surface area contributed by atoms with Crippen LogP contribution < -0.4 is 5.73 Å². The fourth-order valence-corrected chi connectivity index (χ4v) is 2.48. The van der Waals surface area contributed by atoms with E-state index in [2.05, 4.69) is 0 Å². The van der Waals surface area contributed by atoms with Gasteiger partial charge in [0.25, 0.3) is 0 Å². The maximum absolute atomic E-state index is 10.8. The van der Waals surface area contributed by atoms with Crippen LogP contribution in [0.2, 0.25) is 10.0 Å². The molecule has 0 amide bonds. The molecule has 1 atom stereocenters. The van der Waals surface area contributed by atoms with Crippen LogP contribution >= 0.6 is 23.2 Å². The Balaban J connectivity index is 2.18. The Morgan fingerprint density at radius 1 is 1.10 bits per heavy atom. The molecule has 2 rings (SSSR count). The maximum atomic E-state index is 10.8. The van der Waals surface area contributed by atoms with E-state index >= 15 is 0 Å². The third-order valence-corrected chi connectivity index (χ3v) is 4.12. The van der Waals surface area contributed by atoms with E-state index in [1.165, 1.54) is 0 Å². The minimum atomic E-state index is -0.929. The number of carboxylic acids is 1. The monoisotopic (exact) mass is 323 g/mol. The Labute approximate surface area is 133 Å². The number of aromatic carboxylic acids is 1. The van der Waals surface area contributed by atoms with Crippen molar-refractivity contribution in [2.24, 2.45) is 5.73 Å². The average Bonchev–Trinajstić information content (AvgIpc) is 2.48. The topological polar surface area (TPSA) is 63.3 Å². The highest BCUT2D eigenvalue weighted by Gasteiger charge is 2.13. The lowest BCUT2D eigenvalue weighted by Crippen LogP contribution is -2.15. The fraction of sp³-hybridized carbons (Fsp3) is 0.188. The lowest BCUT2D eigenvalue weighted by molar-refractivity contribution is 0.0697. The number of rotatable bonds is 5. The Bertz CT molecular complexity index is 641. The van der Waals surface area contributed by atoms with Crippen molar-refractivity contribution in [3.05, 3.63) is 69.2 Å². The van der Waals surface area contributed by atoms with Gasteiger partial charge < -0.3 is 10.8 Å². The maximum Gasteiger partial charge on any atom is 0.335 e. The molecule has 0 radical (unpaired) electrons. The van der Waals surface area contributed by atoms with Crippen molar-refractivity contribution < 1.29 is 9.90 Å². The Kier molecular flexibility index (Phi) is 5.23. The van der Waals surface area contributed by atoms with Gasteiger partial charge in [-0.2, -0.15) is 0 Å². The minimum Gasteiger partial charge on any atom is -0.478 e. The zero-order valence-electron chi connectivity index (χ0n) is 11.2. The number of carboxylic acid groups (broad SMARTS) is 1. The molecule has 1 unspecified atom stereocenters. The first-order chi connectivity index (χ1) is 10.0. The summed E-state index contributed by atoms with van der Waals surface area (Å²) in [4.78, 5) is 10.8. The zero-order chi connectivity index (χ0) is 15.4. The summed E-state index contributed by atoms with van der Waals surface area (Å²) >= 11 is 12.0. The van der Waals surface area contributed by atoms with Gasteiger partial charge in [0.1, 0.15) is 0 Å². The highest BCUT2D eigenvalue weighted by atomic mass is 35.5. The van der Waals surface area contributed by atoms with Crippen LogP contribution in [0.5, 0.6) is 0 Å². The van der Waals surface area contributed by atoms with Crippen molar-refractivity contribution in [1.82, 2.24) is 0 Å². The fourth-order valence-electron chi connectivity index (χ4n) is 2.17. The number of nitrogens with two attached hydrogens (primary N) is 1. The summed E-state index contributed by atoms with van der Waals surface area (Å²) in [7, 11) is 0. The second-order valence-corrected chi connectivity index (χ2v) is 5.63. The van der Waals surface area contributed by atoms with Gasteiger partial charge in [0.05, 0.1) is 15.6 Å². The van der Waals surface area contributed by atoms with Gasteiger partial charge in [0.15, 0.2) is 0 Å². The van der Waals surface area contributed by atoms with Crippen molar-refractivity contribution in [2.45, 2.75) is 12.3 Å². The van der Waals surface area contributed by atoms with E-state index in [0.29, 0.717) is 23.0 Å². The van der Waals surface area contributed by atoms with Gasteiger partial charge in [-0.25, -0.2) is 4.79 Å². The van der Waals surface area contributed by atoms with Crippen molar-refractivity contribution in [3.63, 3.8) is 0 Å². The third-order valence-electron chi connectivity index (χ3n) is 3.38. The van der Waals surface area contributed by atoms with E-state index in [4.69, 9.17) is 34.0 Å². The predicted octanol–water partition coefficient (Wildman–Crippen LogP) is 3.98. The molecule has 0 aliphatic carbocycles. The number of halogens is 2. The van der Waals surface area contributed by atoms with Gasteiger partial charge >= 0.3 is 5.97 Å². The highest BCUT2D eigenvalue weighted by molar-refractivity contribution is 6.42. The molecule has 2 aromatic carbocycles. The molecule has 3 nitrogen and oxygen atoms in total. The van der Waals surface area contributed by atoms with Gasteiger partial charge in [-0.15, -0.1) is 0 Å². The first-order valence-corrected chi connectivity index (χ1v) is 7.24. The molecular formula is C16H15Cl2NO2. The molecule has 0 fully saturated rings. The van der Waals surface area contributed by atoms with Crippen LogP contribution in [0.4, 0.5) is 0 Å². The van der Waals surface area contributed by atoms with E-state index in [1.807, 2.05) is 24.3 Å². The van der Waals surface area contributed by atoms with Crippen LogP contribution in [-0.2, 0) is 6.42 Å². The summed E-state index contributed by atoms with van der Waals surface area (Å²) in [5, 5.41) is 9.92. The van der Waals surface area contributed by atoms with Crippen molar-refractivity contribution in [3.8, 4) is 0 Å². The lowest BCUT2D eigenvalue weighted by atomic mass is 9.92. The van der Waals surface area contributed by atoms with Gasteiger partial charge in [-0.3, -0.25) is 0 Å². The summed E-state index contributed by atoms with van der Waals surface area (Å²) < 4.78 is 0. The number of carbonyl (C=O) groups is 1. The quantitative estimate of drug-likeness (QED) is 0.874. The molecule has 0 saturated heterocycles. The lowest BCUT2D eigenvalue weighted by Gasteiger charge is -2.16. The molecule has 3 N–H and O–H groups in total. The van der Waals surface area contributed by atoms with Crippen LogP contribution in [0.25, 0.3) is 0 Å². The Morgan fingerprint density at radius 3 is 2.29 bits per heavy atom. The van der Waals surface area contributed by atoms with Crippen molar-refractivity contribution in [2.75, 3.05) is 6.54 Å². The van der Waals surface area contributed by atoms with E-state index < -0.39 is 5.97 Å². The molecule has 0 spiro atoms. The van der Waals surface area contributed by atoms with E-state index in [-0.39, 0.29) is 11.5 Å². The minimum absolute atomic E-state index is 0.107. The van der Waals surface area contributed by atoms with Crippen LogP contribution in [0.15, 0.2) is 42.5 Å².